The maximum atomic E-state index is 13.1. The normalized spacial score (nSPS) is 50.5. The third-order valence-electron chi connectivity index (χ3n) is 22.3. The van der Waals surface area contributed by atoms with Gasteiger partial charge in [0, 0.05) is 67.5 Å². The van der Waals surface area contributed by atoms with Gasteiger partial charge in [-0.25, -0.2) is 0 Å². The Labute approximate surface area is 497 Å². The van der Waals surface area contributed by atoms with E-state index in [1.807, 2.05) is 41.5 Å². The molecule has 9 aliphatic rings. The van der Waals surface area contributed by atoms with Gasteiger partial charge in [-0.1, -0.05) is 27.7 Å². The molecule has 9 fully saturated rings. The predicted octanol–water partition coefficient (Wildman–Crippen LogP) is 5.78. The second-order valence-corrected chi connectivity index (χ2v) is 26.9. The van der Waals surface area contributed by atoms with Crippen LogP contribution in [0.2, 0.25) is 0 Å². The third kappa shape index (κ3) is 12.8. The van der Waals surface area contributed by atoms with Crippen molar-refractivity contribution in [3.8, 4) is 0 Å². The van der Waals surface area contributed by atoms with Gasteiger partial charge in [-0.2, -0.15) is 0 Å². The molecule has 0 spiro atoms. The quantitative estimate of drug-likeness (QED) is 0.0883. The van der Waals surface area contributed by atoms with Crippen molar-refractivity contribution < 1.29 is 106 Å². The number of fused-ring (bicyclic) bond motifs is 5. The minimum atomic E-state index is -1.63. The van der Waals surface area contributed by atoms with Crippen LogP contribution in [0.4, 0.5) is 0 Å². The molecule has 4 aliphatic carbocycles. The van der Waals surface area contributed by atoms with E-state index in [9.17, 15) is 30.0 Å². The SMILES string of the molecule is CCC(C)C(=O)O[C@H](C)[C@]1(O)CC[C@]2(O)[C@@H]3CC[C@H]4C[C@@H](O[C@H]5C[C@H](O)[C@H](O[C@H]6C[C@H](OC)[C@H](O[C@H]7C[C@@H](OC)[C@H](O[C@H]8C[C@@H](OC)[C@H](O[C@H]9C[C@@H](OC)[C@H](O)[C@@H](C)O9)[C@@H](C)O8)[C@@H](C)O7)[C@@H](C)O6)[C@@H](C)O5)CC[C@]4(C)[C@H]3C[C@@H](OC(C)=O)[C@]12C. The first-order chi connectivity index (χ1) is 39.7. The van der Waals surface area contributed by atoms with Crippen LogP contribution in [0.3, 0.4) is 0 Å². The molecule has 5 aliphatic heterocycles. The molecule has 5 heterocycles. The van der Waals surface area contributed by atoms with Crippen LogP contribution < -0.4 is 0 Å². The summed E-state index contributed by atoms with van der Waals surface area (Å²) in [5, 5.41) is 47.9. The van der Waals surface area contributed by atoms with Crippen LogP contribution in [0.25, 0.3) is 0 Å². The summed E-state index contributed by atoms with van der Waals surface area (Å²) < 4.78 is 100. The molecule has 0 radical (unpaired) electrons. The predicted molar refractivity (Wildman–Crippen MR) is 298 cm³/mol. The number of esters is 2. The van der Waals surface area contributed by atoms with Crippen molar-refractivity contribution >= 4 is 11.9 Å². The lowest BCUT2D eigenvalue weighted by atomic mass is 9.42. The van der Waals surface area contributed by atoms with E-state index in [4.69, 9.17) is 75.8 Å². The van der Waals surface area contributed by atoms with Gasteiger partial charge in [0.15, 0.2) is 31.5 Å². The summed E-state index contributed by atoms with van der Waals surface area (Å²) in [6.45, 7) is 20.3. The Bertz CT molecular complexity index is 2170. The zero-order valence-electron chi connectivity index (χ0n) is 52.6. The van der Waals surface area contributed by atoms with Gasteiger partial charge >= 0.3 is 11.9 Å². The summed E-state index contributed by atoms with van der Waals surface area (Å²) in [5.74, 6) is -1.14. The van der Waals surface area contributed by atoms with Crippen molar-refractivity contribution in [1.82, 2.24) is 0 Å². The minimum absolute atomic E-state index is 0.000515. The van der Waals surface area contributed by atoms with Crippen LogP contribution in [0.1, 0.15) is 166 Å². The van der Waals surface area contributed by atoms with Gasteiger partial charge in [0.2, 0.25) is 0 Å². The number of hydrogen-bond donors (Lipinski definition) is 4. The number of rotatable bonds is 19. The van der Waals surface area contributed by atoms with Crippen LogP contribution >= 0.6 is 0 Å². The smallest absolute Gasteiger partial charge is 0.309 e. The van der Waals surface area contributed by atoms with Crippen LogP contribution in [-0.4, -0.2) is 213 Å². The monoisotopic (exact) mass is 1200 g/mol. The Morgan fingerprint density at radius 3 is 1.50 bits per heavy atom. The molecule has 0 aromatic heterocycles. The molecule has 22 nitrogen and oxygen atoms in total. The number of aliphatic hydroxyl groups excluding tert-OH is 2. The molecule has 5 saturated heterocycles. The maximum absolute atomic E-state index is 13.1. The van der Waals surface area contributed by atoms with Gasteiger partial charge in [-0.3, -0.25) is 9.59 Å². The van der Waals surface area contributed by atoms with Gasteiger partial charge < -0.3 is 96.2 Å². The molecule has 4 N–H and O–H groups in total. The van der Waals surface area contributed by atoms with Crippen LogP contribution in [0, 0.1) is 34.5 Å². The fourth-order valence-corrected chi connectivity index (χ4v) is 17.0. The Balaban J connectivity index is 0.748. The lowest BCUT2D eigenvalue weighted by Gasteiger charge is -2.66. The van der Waals surface area contributed by atoms with Crippen LogP contribution in [0.15, 0.2) is 0 Å². The van der Waals surface area contributed by atoms with Crippen LogP contribution in [0.5, 0.6) is 0 Å². The number of aliphatic hydroxyl groups is 4. The minimum Gasteiger partial charge on any atom is -0.462 e. The van der Waals surface area contributed by atoms with E-state index in [1.165, 1.54) is 6.92 Å². The van der Waals surface area contributed by atoms with Gasteiger partial charge in [0.1, 0.15) is 48.3 Å². The summed E-state index contributed by atoms with van der Waals surface area (Å²) in [6, 6.07) is 0. The van der Waals surface area contributed by atoms with E-state index in [0.717, 1.165) is 32.1 Å². The Morgan fingerprint density at radius 2 is 1.02 bits per heavy atom. The largest absolute Gasteiger partial charge is 0.462 e. The molecule has 9 rings (SSSR count). The third-order valence-corrected chi connectivity index (χ3v) is 22.3. The van der Waals surface area contributed by atoms with Crippen molar-refractivity contribution in [2.45, 2.75) is 319 Å². The van der Waals surface area contributed by atoms with E-state index in [0.29, 0.717) is 44.9 Å². The van der Waals surface area contributed by atoms with Crippen molar-refractivity contribution in [2.75, 3.05) is 28.4 Å². The van der Waals surface area contributed by atoms with Crippen molar-refractivity contribution in [3.63, 3.8) is 0 Å². The molecular formula is C62H104O22. The summed E-state index contributed by atoms with van der Waals surface area (Å²) in [5.41, 5.74) is -4.50. The lowest BCUT2D eigenvalue weighted by molar-refractivity contribution is -0.351. The molecule has 0 aromatic carbocycles. The van der Waals surface area contributed by atoms with Crippen molar-refractivity contribution in [1.29, 1.82) is 0 Å². The van der Waals surface area contributed by atoms with E-state index in [2.05, 4.69) is 6.92 Å². The number of carbonyl (C=O) groups excluding carboxylic acids is 2. The first kappa shape index (κ1) is 66.6. The average molecular weight is 1200 g/mol. The number of hydrogen-bond acceptors (Lipinski definition) is 22. The van der Waals surface area contributed by atoms with Gasteiger partial charge in [0.05, 0.1) is 84.1 Å². The van der Waals surface area contributed by atoms with Gasteiger partial charge in [0.25, 0.3) is 0 Å². The van der Waals surface area contributed by atoms with Crippen LogP contribution in [-0.2, 0) is 85.4 Å². The zero-order valence-corrected chi connectivity index (χ0v) is 52.6. The second kappa shape index (κ2) is 27.0. The lowest BCUT2D eigenvalue weighted by Crippen LogP contribution is -2.72. The summed E-state index contributed by atoms with van der Waals surface area (Å²) in [4.78, 5) is 25.9. The number of ether oxygens (including phenoxy) is 16. The fraction of sp³-hybridized carbons (Fsp3) is 0.968. The molecule has 0 bridgehead atoms. The summed E-state index contributed by atoms with van der Waals surface area (Å²) >= 11 is 0. The topological polar surface area (TPSA) is 263 Å². The van der Waals surface area contributed by atoms with Gasteiger partial charge in [-0.15, -0.1) is 0 Å². The molecule has 484 valence electrons. The van der Waals surface area contributed by atoms with E-state index >= 15 is 0 Å². The average Bonchev–Trinajstić information content (AvgIpc) is 1.41. The number of carbonyl (C=O) groups is 2. The maximum Gasteiger partial charge on any atom is 0.309 e. The highest BCUT2D eigenvalue weighted by molar-refractivity contribution is 5.72. The summed E-state index contributed by atoms with van der Waals surface area (Å²) in [6.07, 6.45) is -5.93. The zero-order chi connectivity index (χ0) is 61.0. The molecule has 4 saturated carbocycles. The summed E-state index contributed by atoms with van der Waals surface area (Å²) in [7, 11) is 6.46. The molecule has 84 heavy (non-hydrogen) atoms. The molecule has 22 heteroatoms. The van der Waals surface area contributed by atoms with E-state index < -0.39 is 158 Å². The highest BCUT2D eigenvalue weighted by Gasteiger charge is 2.77. The Hall–Kier alpha value is -1.78. The Kier molecular flexibility index (Phi) is 21.4. The van der Waals surface area contributed by atoms with Crippen molar-refractivity contribution in [2.24, 2.45) is 34.5 Å². The molecule has 0 aromatic rings. The standard InChI is InChI=1S/C62H104O22/c1-16-30(2)58(66)78-36(8)61(67)21-22-62(68)40-18-17-38-23-39(19-20-59(38,10)41(40)24-47(60(61,62)11)79-37(9)63)80-48-25-42(64)54(32(4)74-48)81-50-27-44(70-13)56(33(5)75-50)83-52-29-46(72-15)57(35(7)77-52)84-51-28-45(71-14)55(34(6)76-51)82-49-26-43(69-12)53(65)31(3)73-49/h30-36,38-57,64-65,67-68H,16-29H2,1-15H3/t30?,31-,32-,33-,34-,35-,36-,38+,39+,40-,41+,42+,43-,44+,45-,46-,47-,48+,49+,50+,51+,52+,53-,54-,55-,56-,57-,59+,60-,61-,62+/m1/s1. The molecule has 1 unspecified atom stereocenters. The van der Waals surface area contributed by atoms with Crippen molar-refractivity contribution in [3.05, 3.63) is 0 Å². The fourth-order valence-electron chi connectivity index (χ4n) is 17.0. The second-order valence-electron chi connectivity index (χ2n) is 26.9. The molecule has 31 atom stereocenters. The highest BCUT2D eigenvalue weighted by Crippen LogP contribution is 2.71. The Morgan fingerprint density at radius 1 is 0.560 bits per heavy atom. The van der Waals surface area contributed by atoms with E-state index in [1.54, 1.807) is 49.2 Å². The van der Waals surface area contributed by atoms with E-state index in [-0.39, 0.29) is 54.1 Å². The molecular weight excluding hydrogens is 1100 g/mol. The van der Waals surface area contributed by atoms with Gasteiger partial charge in [-0.05, 0) is 122 Å². The number of methoxy groups -OCH3 is 4. The molecule has 0 amide bonds. The highest BCUT2D eigenvalue weighted by atomic mass is 16.8. The first-order valence-corrected chi connectivity index (χ1v) is 31.6. The first-order valence-electron chi connectivity index (χ1n) is 31.6.